The highest BCUT2D eigenvalue weighted by atomic mass is 35.5. The Morgan fingerprint density at radius 2 is 1.35 bits per heavy atom. The van der Waals surface area contributed by atoms with E-state index in [-0.39, 0.29) is 22.1 Å². The van der Waals surface area contributed by atoms with Gasteiger partial charge < -0.3 is 14.8 Å². The maximum atomic E-state index is 13.6. The van der Waals surface area contributed by atoms with Gasteiger partial charge in [0, 0.05) is 0 Å². The second-order valence-corrected chi connectivity index (χ2v) is 9.96. The molecule has 0 atom stereocenters. The lowest BCUT2D eigenvalue weighted by molar-refractivity contribution is -0.121. The predicted molar refractivity (Wildman–Crippen MR) is 165 cm³/mol. The third-order valence-electron chi connectivity index (χ3n) is 6.34. The summed E-state index contributed by atoms with van der Waals surface area (Å²) in [6.45, 7) is -0.404. The van der Waals surface area contributed by atoms with E-state index in [1.54, 1.807) is 84.9 Å². The van der Waals surface area contributed by atoms with Crippen molar-refractivity contribution in [1.82, 2.24) is 0 Å². The molecule has 1 saturated heterocycles. The fraction of sp³-hybridized carbons (Fsp3) is 0.0625. The zero-order chi connectivity index (χ0) is 30.5. The lowest BCUT2D eigenvalue weighted by Gasteiger charge is -2.34. The maximum Gasteiger partial charge on any atom is 0.343 e. The van der Waals surface area contributed by atoms with Crippen molar-refractivity contribution in [3.63, 3.8) is 0 Å². The molecule has 1 fully saturated rings. The summed E-state index contributed by atoms with van der Waals surface area (Å²) in [5.41, 5.74) is 1.06. The zero-order valence-electron chi connectivity index (χ0n) is 22.6. The Kier molecular flexibility index (Phi) is 8.75. The van der Waals surface area contributed by atoms with E-state index < -0.39 is 30.4 Å². The number of amides is 5. The monoisotopic (exact) mass is 615 g/mol. The number of carbonyl (C=O) groups is 4. The lowest BCUT2D eigenvalue weighted by atomic mass is 10.0. The molecule has 0 unspecified atom stereocenters. The van der Waals surface area contributed by atoms with Crippen molar-refractivity contribution < 1.29 is 28.7 Å². The Hall–Kier alpha value is -5.12. The first-order valence-electron chi connectivity index (χ1n) is 12.9. The topological polar surface area (TPSA) is 105 Å². The second kappa shape index (κ2) is 12.8. The Labute approximate surface area is 256 Å². The number of carbonyl (C=O) groups excluding carboxylic acids is 4. The molecule has 11 heteroatoms. The molecule has 9 nitrogen and oxygen atoms in total. The number of urea groups is 1. The number of imide groups is 2. The molecule has 5 rings (SSSR count). The van der Waals surface area contributed by atoms with Crippen molar-refractivity contribution in [2.24, 2.45) is 0 Å². The molecule has 1 aliphatic rings. The third-order valence-corrected chi connectivity index (χ3v) is 6.95. The van der Waals surface area contributed by atoms with Gasteiger partial charge in [-0.1, -0.05) is 71.7 Å². The highest BCUT2D eigenvalue weighted by Gasteiger charge is 2.43. The van der Waals surface area contributed by atoms with E-state index in [1.165, 1.54) is 25.3 Å². The Morgan fingerprint density at radius 3 is 1.91 bits per heavy atom. The normalized spacial score (nSPS) is 13.2. The van der Waals surface area contributed by atoms with E-state index in [0.29, 0.717) is 27.6 Å². The molecule has 5 amide bonds. The molecule has 0 spiro atoms. The Bertz CT molecular complexity index is 1680. The number of hydrogen-bond donors (Lipinski definition) is 1. The molecule has 1 N–H and O–H groups in total. The number of methoxy groups -OCH3 is 1. The van der Waals surface area contributed by atoms with Crippen LogP contribution in [-0.4, -0.2) is 37.5 Å². The van der Waals surface area contributed by atoms with Crippen LogP contribution in [0.5, 0.6) is 11.5 Å². The summed E-state index contributed by atoms with van der Waals surface area (Å²) < 4.78 is 11.1. The minimum Gasteiger partial charge on any atom is -0.493 e. The van der Waals surface area contributed by atoms with E-state index in [4.69, 9.17) is 32.7 Å². The predicted octanol–water partition coefficient (Wildman–Crippen LogP) is 6.60. The highest BCUT2D eigenvalue weighted by Crippen LogP contribution is 2.38. The van der Waals surface area contributed by atoms with Gasteiger partial charge >= 0.3 is 6.03 Å². The van der Waals surface area contributed by atoms with Crippen LogP contribution in [0.15, 0.2) is 103 Å². The maximum absolute atomic E-state index is 13.6. The first kappa shape index (κ1) is 29.4. The van der Waals surface area contributed by atoms with Crippen LogP contribution in [0.4, 0.5) is 21.9 Å². The molecular formula is C32H23Cl2N3O6. The van der Waals surface area contributed by atoms with E-state index >= 15 is 0 Å². The van der Waals surface area contributed by atoms with Gasteiger partial charge in [-0.25, -0.2) is 14.6 Å². The molecule has 0 bridgehead atoms. The van der Waals surface area contributed by atoms with Gasteiger partial charge in [0.1, 0.15) is 5.57 Å². The standard InChI is InChI=1S/C32H23Cl2N3O6/c1-42-27-18-20(17-25(34)29(27)43-19-28(38)35-26-15-9-8-14-24(26)33)16-23-30(39)36(21-10-4-2-5-11-21)32(41)37(31(23)40)22-12-6-3-7-13-22/h2-18H,19H2,1H3,(H,35,38). The SMILES string of the molecule is COc1cc(C=C2C(=O)N(c3ccccc3)C(=O)N(c3ccccc3)C2=O)cc(Cl)c1OCC(=O)Nc1ccccc1Cl. The number of halogens is 2. The zero-order valence-corrected chi connectivity index (χ0v) is 24.1. The number of nitrogens with one attached hydrogen (secondary N) is 1. The summed E-state index contributed by atoms with van der Waals surface area (Å²) in [7, 11) is 1.38. The van der Waals surface area contributed by atoms with Gasteiger partial charge in [-0.15, -0.1) is 0 Å². The molecule has 216 valence electrons. The van der Waals surface area contributed by atoms with Crippen LogP contribution in [0.25, 0.3) is 6.08 Å². The van der Waals surface area contributed by atoms with Crippen LogP contribution in [0, 0.1) is 0 Å². The van der Waals surface area contributed by atoms with Crippen LogP contribution in [0.1, 0.15) is 5.56 Å². The van der Waals surface area contributed by atoms with E-state index in [9.17, 15) is 19.2 Å². The largest absolute Gasteiger partial charge is 0.493 e. The number of ether oxygens (including phenoxy) is 2. The molecule has 1 heterocycles. The van der Waals surface area contributed by atoms with Gasteiger partial charge in [0.05, 0.1) is 34.2 Å². The van der Waals surface area contributed by atoms with Crippen LogP contribution < -0.4 is 24.6 Å². The van der Waals surface area contributed by atoms with Crippen molar-refractivity contribution in [2.45, 2.75) is 0 Å². The van der Waals surface area contributed by atoms with Crippen molar-refractivity contribution in [3.8, 4) is 11.5 Å². The van der Waals surface area contributed by atoms with E-state index in [2.05, 4.69) is 5.32 Å². The molecule has 1 aliphatic heterocycles. The lowest BCUT2D eigenvalue weighted by Crippen LogP contribution is -2.57. The van der Waals surface area contributed by atoms with Gasteiger partial charge in [-0.2, -0.15) is 0 Å². The van der Waals surface area contributed by atoms with Crippen LogP contribution >= 0.6 is 23.2 Å². The number of anilines is 3. The molecule has 43 heavy (non-hydrogen) atoms. The number of rotatable bonds is 8. The Morgan fingerprint density at radius 1 is 0.791 bits per heavy atom. The van der Waals surface area contributed by atoms with Gasteiger partial charge in [-0.05, 0) is 60.2 Å². The summed E-state index contributed by atoms with van der Waals surface area (Å²) >= 11 is 12.6. The first-order chi connectivity index (χ1) is 20.8. The average Bonchev–Trinajstić information content (AvgIpc) is 3.01. The highest BCUT2D eigenvalue weighted by molar-refractivity contribution is 6.46. The number of hydrogen-bond acceptors (Lipinski definition) is 6. The minimum absolute atomic E-state index is 0.0587. The number of benzene rings is 4. The smallest absolute Gasteiger partial charge is 0.343 e. The summed E-state index contributed by atoms with van der Waals surface area (Å²) in [6.07, 6.45) is 1.32. The van der Waals surface area contributed by atoms with Gasteiger partial charge in [-0.3, -0.25) is 14.4 Å². The van der Waals surface area contributed by atoms with Crippen molar-refractivity contribution in [2.75, 3.05) is 28.8 Å². The van der Waals surface area contributed by atoms with Crippen molar-refractivity contribution in [3.05, 3.63) is 118 Å². The first-order valence-corrected chi connectivity index (χ1v) is 13.6. The number of nitrogens with zero attached hydrogens (tertiary/aromatic N) is 2. The molecule has 4 aromatic rings. The molecule has 0 saturated carbocycles. The third kappa shape index (κ3) is 6.23. The summed E-state index contributed by atoms with van der Waals surface area (Å²) in [5.74, 6) is -1.87. The van der Waals surface area contributed by atoms with Crippen LogP contribution in [-0.2, 0) is 14.4 Å². The summed E-state index contributed by atoms with van der Waals surface area (Å²) in [5, 5.41) is 3.08. The fourth-order valence-electron chi connectivity index (χ4n) is 4.36. The van der Waals surface area contributed by atoms with Crippen molar-refractivity contribution in [1.29, 1.82) is 0 Å². The number of para-hydroxylation sites is 3. The molecular weight excluding hydrogens is 593 g/mol. The minimum atomic E-state index is -0.807. The van der Waals surface area contributed by atoms with Gasteiger partial charge in [0.2, 0.25) is 0 Å². The summed E-state index contributed by atoms with van der Waals surface area (Å²) in [6, 6.07) is 25.5. The fourth-order valence-corrected chi connectivity index (χ4v) is 4.81. The molecule has 4 aromatic carbocycles. The van der Waals surface area contributed by atoms with E-state index in [1.807, 2.05) is 0 Å². The molecule has 0 aliphatic carbocycles. The average molecular weight is 616 g/mol. The van der Waals surface area contributed by atoms with Gasteiger partial charge in [0.15, 0.2) is 18.1 Å². The number of barbiturate groups is 1. The summed E-state index contributed by atoms with van der Waals surface area (Å²) in [4.78, 5) is 55.1. The van der Waals surface area contributed by atoms with Gasteiger partial charge in [0.25, 0.3) is 17.7 Å². The molecule has 0 radical (unpaired) electrons. The van der Waals surface area contributed by atoms with Crippen LogP contribution in [0.2, 0.25) is 10.0 Å². The second-order valence-electron chi connectivity index (χ2n) is 9.14. The Balaban J connectivity index is 1.46. The quantitative estimate of drug-likeness (QED) is 0.177. The van der Waals surface area contributed by atoms with E-state index in [0.717, 1.165) is 9.80 Å². The van der Waals surface area contributed by atoms with Crippen molar-refractivity contribution >= 4 is 70.1 Å². The van der Waals surface area contributed by atoms with Crippen LogP contribution in [0.3, 0.4) is 0 Å². The molecule has 0 aromatic heterocycles.